The maximum absolute atomic E-state index is 13.1. The van der Waals surface area contributed by atoms with E-state index in [9.17, 15) is 14.7 Å². The number of piperidine rings is 1. The number of carboxylic acid groups (broad SMARTS) is 1. The van der Waals surface area contributed by atoms with E-state index in [0.29, 0.717) is 55.7 Å². The number of benzene rings is 1. The van der Waals surface area contributed by atoms with E-state index in [0.717, 1.165) is 36.9 Å². The summed E-state index contributed by atoms with van der Waals surface area (Å²) < 4.78 is 1.90. The molecule has 2 aliphatic rings. The van der Waals surface area contributed by atoms with Crippen molar-refractivity contribution in [2.45, 2.75) is 70.4 Å². The Bertz CT molecular complexity index is 1350. The van der Waals surface area contributed by atoms with Crippen LogP contribution in [0.4, 0.5) is 5.69 Å². The van der Waals surface area contributed by atoms with Crippen LogP contribution in [-0.2, 0) is 22.6 Å². The van der Waals surface area contributed by atoms with E-state index in [1.54, 1.807) is 24.5 Å². The minimum absolute atomic E-state index is 0. The van der Waals surface area contributed by atoms with Crippen molar-refractivity contribution in [3.63, 3.8) is 0 Å². The van der Waals surface area contributed by atoms with Crippen LogP contribution >= 0.6 is 24.8 Å². The Morgan fingerprint density at radius 2 is 1.76 bits per heavy atom. The van der Waals surface area contributed by atoms with Crippen LogP contribution in [0.1, 0.15) is 62.8 Å². The molecular formula is C29H39Cl2N7O3. The molecule has 222 valence electrons. The third kappa shape index (κ3) is 7.29. The van der Waals surface area contributed by atoms with Gasteiger partial charge in [-0.3, -0.25) is 20.0 Å². The fraction of sp³-hybridized carbons (Fsp3) is 0.483. The minimum atomic E-state index is -0.860. The van der Waals surface area contributed by atoms with Crippen LogP contribution in [0.2, 0.25) is 0 Å². The molecule has 2 fully saturated rings. The van der Waals surface area contributed by atoms with Gasteiger partial charge in [0, 0.05) is 49.2 Å². The maximum Gasteiger partial charge on any atom is 0.309 e. The second-order valence-corrected chi connectivity index (χ2v) is 10.9. The van der Waals surface area contributed by atoms with Gasteiger partial charge in [0.15, 0.2) is 0 Å². The molecule has 12 heteroatoms. The van der Waals surface area contributed by atoms with E-state index < -0.39 is 11.4 Å². The topological polar surface area (TPSA) is 150 Å². The van der Waals surface area contributed by atoms with E-state index in [1.165, 1.54) is 6.42 Å². The highest BCUT2D eigenvalue weighted by Gasteiger charge is 2.41. The lowest BCUT2D eigenvalue weighted by atomic mass is 9.74. The summed E-state index contributed by atoms with van der Waals surface area (Å²) in [6.45, 7) is 1.43. The fourth-order valence-corrected chi connectivity index (χ4v) is 6.05. The van der Waals surface area contributed by atoms with Gasteiger partial charge in [-0.2, -0.15) is 0 Å². The molecule has 3 aromatic rings. The zero-order valence-electron chi connectivity index (χ0n) is 23.1. The van der Waals surface area contributed by atoms with Crippen LogP contribution in [-0.4, -0.2) is 56.5 Å². The number of aliphatic carboxylic acids is 1. The molecule has 0 radical (unpaired) electrons. The van der Waals surface area contributed by atoms with Gasteiger partial charge in [0.1, 0.15) is 18.2 Å². The van der Waals surface area contributed by atoms with Crippen LogP contribution in [0.3, 0.4) is 0 Å². The number of amides is 1. The van der Waals surface area contributed by atoms with Gasteiger partial charge in [0.05, 0.1) is 16.4 Å². The quantitative estimate of drug-likeness (QED) is 0.210. The van der Waals surface area contributed by atoms with Crippen LogP contribution in [0.5, 0.6) is 0 Å². The lowest BCUT2D eigenvalue weighted by molar-refractivity contribution is -0.150. The van der Waals surface area contributed by atoms with Crippen LogP contribution < -0.4 is 16.0 Å². The van der Waals surface area contributed by atoms with Crippen molar-refractivity contribution in [2.75, 3.05) is 18.0 Å². The van der Waals surface area contributed by atoms with Crippen LogP contribution in [0, 0.1) is 10.8 Å². The minimum Gasteiger partial charge on any atom is -0.481 e. The number of hydrogen-bond donors (Lipinski definition) is 4. The van der Waals surface area contributed by atoms with Crippen molar-refractivity contribution in [3.05, 3.63) is 54.1 Å². The number of carboxylic acids is 1. The number of nitrogens with two attached hydrogens (primary N) is 1. The van der Waals surface area contributed by atoms with Crippen LogP contribution in [0.15, 0.2) is 42.7 Å². The van der Waals surface area contributed by atoms with Gasteiger partial charge in [-0.1, -0.05) is 19.3 Å². The molecule has 41 heavy (non-hydrogen) atoms. The monoisotopic (exact) mass is 603 g/mol. The second-order valence-electron chi connectivity index (χ2n) is 10.9. The van der Waals surface area contributed by atoms with Crippen molar-refractivity contribution in [1.82, 2.24) is 19.9 Å². The summed E-state index contributed by atoms with van der Waals surface area (Å²) in [6, 6.07) is 9.47. The average molecular weight is 605 g/mol. The number of carbonyl (C=O) groups excluding carboxylic acids is 1. The molecule has 5 N–H and O–H groups in total. The molecule has 2 aromatic heterocycles. The third-order valence-corrected chi connectivity index (χ3v) is 8.44. The Morgan fingerprint density at radius 1 is 1.07 bits per heavy atom. The van der Waals surface area contributed by atoms with Gasteiger partial charge in [-0.15, -0.1) is 24.8 Å². The number of aryl methyl sites for hydroxylation is 1. The molecule has 0 bridgehead atoms. The molecule has 1 saturated heterocycles. The number of nitrogen functional groups attached to an aromatic ring is 1. The zero-order chi connectivity index (χ0) is 27.4. The van der Waals surface area contributed by atoms with E-state index >= 15 is 0 Å². The Kier molecular flexibility index (Phi) is 11.0. The first kappa shape index (κ1) is 32.1. The summed E-state index contributed by atoms with van der Waals surface area (Å²) in [5.41, 5.74) is 7.90. The van der Waals surface area contributed by atoms with Gasteiger partial charge < -0.3 is 25.6 Å². The van der Waals surface area contributed by atoms with Gasteiger partial charge in [0.2, 0.25) is 5.91 Å². The van der Waals surface area contributed by atoms with Crippen molar-refractivity contribution < 1.29 is 14.7 Å². The summed E-state index contributed by atoms with van der Waals surface area (Å²) in [6.07, 6.45) is 10.9. The Hall–Kier alpha value is -3.37. The second kappa shape index (κ2) is 14.0. The summed E-state index contributed by atoms with van der Waals surface area (Å²) in [7, 11) is 0. The summed E-state index contributed by atoms with van der Waals surface area (Å²) in [4.78, 5) is 36.7. The van der Waals surface area contributed by atoms with Crippen molar-refractivity contribution >= 4 is 59.2 Å². The average Bonchev–Trinajstić information content (AvgIpc) is 3.29. The van der Waals surface area contributed by atoms with Crippen molar-refractivity contribution in [1.29, 1.82) is 5.41 Å². The highest BCUT2D eigenvalue weighted by Crippen LogP contribution is 2.38. The number of anilines is 1. The summed E-state index contributed by atoms with van der Waals surface area (Å²) >= 11 is 0. The van der Waals surface area contributed by atoms with Crippen molar-refractivity contribution in [3.8, 4) is 0 Å². The largest absolute Gasteiger partial charge is 0.481 e. The molecule has 0 spiro atoms. The molecule has 5 rings (SSSR count). The number of aromatic nitrogens is 3. The maximum atomic E-state index is 13.1. The lowest BCUT2D eigenvalue weighted by Gasteiger charge is -2.40. The Morgan fingerprint density at radius 3 is 2.39 bits per heavy atom. The highest BCUT2D eigenvalue weighted by atomic mass is 35.5. The molecule has 1 saturated carbocycles. The first-order valence-electron chi connectivity index (χ1n) is 13.9. The number of nitrogens with zero attached hydrogens (tertiary/aromatic N) is 4. The molecule has 0 unspecified atom stereocenters. The number of fused-ring (bicyclic) bond motifs is 1. The highest BCUT2D eigenvalue weighted by molar-refractivity contribution is 5.98. The molecule has 3 heterocycles. The van der Waals surface area contributed by atoms with Crippen LogP contribution in [0.25, 0.3) is 11.0 Å². The summed E-state index contributed by atoms with van der Waals surface area (Å²) in [5, 5.41) is 21.3. The number of rotatable bonds is 9. The molecule has 0 atom stereocenters. The number of hydrogen-bond acceptors (Lipinski definition) is 6. The van der Waals surface area contributed by atoms with Gasteiger partial charge >= 0.3 is 5.97 Å². The van der Waals surface area contributed by atoms with Gasteiger partial charge in [-0.25, -0.2) is 4.98 Å². The molecule has 1 aliphatic heterocycles. The fourth-order valence-electron chi connectivity index (χ4n) is 6.05. The van der Waals surface area contributed by atoms with Gasteiger partial charge in [-0.05, 0) is 62.4 Å². The summed E-state index contributed by atoms with van der Waals surface area (Å²) in [5.74, 6) is -0.208. The first-order valence-corrected chi connectivity index (χ1v) is 13.9. The number of halogens is 2. The Labute approximate surface area is 252 Å². The van der Waals surface area contributed by atoms with Crippen molar-refractivity contribution in [2.24, 2.45) is 11.1 Å². The number of carbonyl (C=O) groups is 2. The standard InChI is InChI=1S/C29H37N7O3.2ClH/c30-27(31)20-6-7-24-23(18-20)34-25(36(24)19-26(37)33-21-4-2-1-3-5-21)8-11-29(28(38)39)12-16-35(17-13-29)22-9-14-32-15-10-22;;/h6-7,9-10,14-15,18,21H,1-5,8,11-13,16-17,19H2,(H3,30,31)(H,33,37)(H,38,39);2*1H. The first-order chi connectivity index (χ1) is 18.8. The normalized spacial score (nSPS) is 16.8. The van der Waals surface area contributed by atoms with E-state index in [-0.39, 0.29) is 49.1 Å². The molecule has 1 aliphatic carbocycles. The molecular weight excluding hydrogens is 565 g/mol. The van der Waals surface area contributed by atoms with E-state index in [4.69, 9.17) is 16.1 Å². The number of imidazole rings is 1. The molecule has 1 amide bonds. The lowest BCUT2D eigenvalue weighted by Crippen LogP contribution is -2.45. The van der Waals surface area contributed by atoms with E-state index in [2.05, 4.69) is 15.2 Å². The predicted octanol–water partition coefficient (Wildman–Crippen LogP) is 4.31. The number of pyridine rings is 1. The predicted molar refractivity (Wildman–Crippen MR) is 164 cm³/mol. The SMILES string of the molecule is Cl.Cl.N=C(N)c1ccc2c(c1)nc(CCC1(C(=O)O)CCN(c3ccncc3)CC1)n2CC(=O)NC1CCCCC1. The molecule has 1 aromatic carbocycles. The van der Waals surface area contributed by atoms with Gasteiger partial charge in [0.25, 0.3) is 0 Å². The smallest absolute Gasteiger partial charge is 0.309 e. The Balaban J connectivity index is 0.00000231. The number of amidine groups is 1. The van der Waals surface area contributed by atoms with E-state index in [1.807, 2.05) is 22.8 Å². The zero-order valence-corrected chi connectivity index (χ0v) is 24.7. The third-order valence-electron chi connectivity index (χ3n) is 8.44. The molecule has 10 nitrogen and oxygen atoms in total. The number of nitrogens with one attached hydrogen (secondary N) is 2.